The number of aliphatic hydroxyl groups is 2. The zero-order chi connectivity index (χ0) is 33.2. The van der Waals surface area contributed by atoms with Crippen LogP contribution in [0.25, 0.3) is 0 Å². The van der Waals surface area contributed by atoms with Gasteiger partial charge in [-0.05, 0) is 61.1 Å². The van der Waals surface area contributed by atoms with Crippen molar-refractivity contribution in [2.24, 2.45) is 0 Å². The van der Waals surface area contributed by atoms with Crippen LogP contribution in [0.15, 0.2) is 36.4 Å². The summed E-state index contributed by atoms with van der Waals surface area (Å²) in [6.45, 7) is -0.296. The van der Waals surface area contributed by atoms with Crippen LogP contribution in [0.2, 0.25) is 0 Å². The molecule has 45 heavy (non-hydrogen) atoms. The predicted molar refractivity (Wildman–Crippen MR) is 148 cm³/mol. The number of amides is 4. The Bertz CT molecular complexity index is 1360. The summed E-state index contributed by atoms with van der Waals surface area (Å²) in [5.74, 6) is -3.74. The average molecular weight is 643 g/mol. The Hall–Kier alpha value is -3.78. The van der Waals surface area contributed by atoms with Crippen LogP contribution in [0.3, 0.4) is 0 Å². The quantitative estimate of drug-likeness (QED) is 0.162. The van der Waals surface area contributed by atoms with Crippen molar-refractivity contribution < 1.29 is 55.7 Å². The highest BCUT2D eigenvalue weighted by atomic mass is 19.4. The minimum absolute atomic E-state index is 0.0466. The van der Waals surface area contributed by atoms with E-state index in [9.17, 15) is 45.5 Å². The highest BCUT2D eigenvalue weighted by Crippen LogP contribution is 2.57. The fraction of sp³-hybridized carbons (Fsp3) is 0.484. The van der Waals surface area contributed by atoms with Crippen LogP contribution >= 0.6 is 0 Å². The van der Waals surface area contributed by atoms with Crippen molar-refractivity contribution in [3.63, 3.8) is 0 Å². The van der Waals surface area contributed by atoms with E-state index in [1.807, 2.05) is 0 Å². The fourth-order valence-corrected chi connectivity index (χ4v) is 5.91. The summed E-state index contributed by atoms with van der Waals surface area (Å²) < 4.78 is 89.4. The molecule has 0 bridgehead atoms. The number of fused-ring (bicyclic) bond motifs is 2. The van der Waals surface area contributed by atoms with Crippen LogP contribution in [0.1, 0.15) is 104 Å². The molecule has 0 aliphatic carbocycles. The lowest BCUT2D eigenvalue weighted by Gasteiger charge is -2.38. The number of unbranched alkanes of at least 4 members (excludes halogenated alkanes) is 6. The summed E-state index contributed by atoms with van der Waals surface area (Å²) in [6.07, 6.45) is -8.17. The number of hydrogen-bond donors (Lipinski definition) is 2. The fourth-order valence-electron chi connectivity index (χ4n) is 5.91. The van der Waals surface area contributed by atoms with Gasteiger partial charge in [0.1, 0.15) is 0 Å². The Morgan fingerprint density at radius 3 is 1.16 bits per heavy atom. The maximum absolute atomic E-state index is 14.9. The van der Waals surface area contributed by atoms with Gasteiger partial charge in [-0.1, -0.05) is 37.8 Å². The largest absolute Gasteiger partial charge is 0.411 e. The smallest absolute Gasteiger partial charge is 0.396 e. The van der Waals surface area contributed by atoms with Crippen molar-refractivity contribution >= 4 is 23.6 Å². The number of alkyl halides is 6. The van der Waals surface area contributed by atoms with Gasteiger partial charge in [0.05, 0.1) is 22.3 Å². The van der Waals surface area contributed by atoms with Gasteiger partial charge in [-0.15, -0.1) is 0 Å². The van der Waals surface area contributed by atoms with E-state index in [2.05, 4.69) is 0 Å². The van der Waals surface area contributed by atoms with Crippen LogP contribution in [0.5, 0.6) is 0 Å². The van der Waals surface area contributed by atoms with E-state index in [4.69, 9.17) is 10.2 Å². The molecule has 8 nitrogen and oxygen atoms in total. The van der Waals surface area contributed by atoms with Gasteiger partial charge in [-0.3, -0.25) is 29.0 Å². The summed E-state index contributed by atoms with van der Waals surface area (Å²) >= 11 is 0. The average Bonchev–Trinajstić information content (AvgIpc) is 3.35. The molecule has 0 fully saturated rings. The van der Waals surface area contributed by atoms with Crippen molar-refractivity contribution in [2.75, 3.05) is 26.3 Å². The van der Waals surface area contributed by atoms with Gasteiger partial charge < -0.3 is 10.2 Å². The molecular formula is C31H32F6N2O6. The van der Waals surface area contributed by atoms with Gasteiger partial charge in [-0.25, -0.2) is 0 Å². The number of hydrogen-bond acceptors (Lipinski definition) is 6. The third-order valence-electron chi connectivity index (χ3n) is 8.24. The lowest BCUT2D eigenvalue weighted by molar-refractivity contribution is -0.288. The number of carbonyl (C=O) groups is 4. The van der Waals surface area contributed by atoms with Crippen LogP contribution in [0, 0.1) is 0 Å². The van der Waals surface area contributed by atoms with E-state index >= 15 is 0 Å². The minimum Gasteiger partial charge on any atom is -0.396 e. The van der Waals surface area contributed by atoms with Gasteiger partial charge >= 0.3 is 12.4 Å². The highest BCUT2D eigenvalue weighted by Gasteiger charge is 2.73. The van der Waals surface area contributed by atoms with Crippen molar-refractivity contribution in [1.29, 1.82) is 0 Å². The van der Waals surface area contributed by atoms with E-state index in [0.717, 1.165) is 21.9 Å². The second-order valence-electron chi connectivity index (χ2n) is 11.1. The number of carbonyl (C=O) groups excluding carboxylic acids is 4. The maximum atomic E-state index is 14.9. The first kappa shape index (κ1) is 34.1. The molecule has 2 aliphatic rings. The summed E-state index contributed by atoms with van der Waals surface area (Å²) in [5, 5.41) is 17.8. The van der Waals surface area contributed by atoms with Crippen molar-refractivity contribution in [3.05, 3.63) is 69.8 Å². The van der Waals surface area contributed by atoms with Gasteiger partial charge in [0, 0.05) is 26.3 Å². The summed E-state index contributed by atoms with van der Waals surface area (Å²) in [6, 6.07) is 3.42. The molecule has 2 aromatic carbocycles. The Morgan fingerprint density at radius 2 is 0.822 bits per heavy atom. The zero-order valence-corrected chi connectivity index (χ0v) is 24.1. The first-order valence-corrected chi connectivity index (χ1v) is 14.6. The number of aliphatic hydroxyl groups excluding tert-OH is 2. The second-order valence-corrected chi connectivity index (χ2v) is 11.1. The summed E-state index contributed by atoms with van der Waals surface area (Å²) in [4.78, 5) is 53.3. The molecule has 2 aliphatic heterocycles. The third kappa shape index (κ3) is 6.09. The Kier molecular flexibility index (Phi) is 10.1. The molecule has 4 amide bonds. The third-order valence-corrected chi connectivity index (χ3v) is 8.24. The molecule has 0 aromatic heterocycles. The number of nitrogens with zero attached hydrogens (tertiary/aromatic N) is 2. The molecule has 0 radical (unpaired) electrons. The molecule has 2 N–H and O–H groups in total. The van der Waals surface area contributed by atoms with Gasteiger partial charge in [0.25, 0.3) is 23.6 Å². The standard InChI is InChI=1S/C31H32F6N2O6/c32-30(33,34)29(31(35,36)37,19-9-11-21-23(17-19)27(44)38(25(21)42)13-5-1-3-7-15-40)20-10-12-22-24(18-20)28(45)39(26(22)43)14-6-2-4-8-16-41/h9-12,17-18,40-41H,1-8,13-16H2. The number of imide groups is 2. The van der Waals surface area contributed by atoms with E-state index in [-0.39, 0.29) is 37.4 Å². The minimum atomic E-state index is -6.04. The van der Waals surface area contributed by atoms with Crippen molar-refractivity contribution in [1.82, 2.24) is 9.80 Å². The topological polar surface area (TPSA) is 115 Å². The molecular weight excluding hydrogens is 610 g/mol. The molecule has 0 atom stereocenters. The molecule has 0 unspecified atom stereocenters. The van der Waals surface area contributed by atoms with Crippen LogP contribution in [-0.2, 0) is 5.41 Å². The Labute approximate surface area is 254 Å². The van der Waals surface area contributed by atoms with Gasteiger partial charge in [0.2, 0.25) is 5.41 Å². The lowest BCUT2D eigenvalue weighted by atomic mass is 9.71. The summed E-state index contributed by atoms with van der Waals surface area (Å²) in [7, 11) is 0. The van der Waals surface area contributed by atoms with Gasteiger partial charge in [-0.2, -0.15) is 26.3 Å². The van der Waals surface area contributed by atoms with E-state index in [1.165, 1.54) is 0 Å². The van der Waals surface area contributed by atoms with Crippen LogP contribution in [-0.4, -0.2) is 82.3 Å². The molecule has 0 saturated carbocycles. The maximum Gasteiger partial charge on any atom is 0.411 e. The first-order chi connectivity index (χ1) is 21.2. The van der Waals surface area contributed by atoms with Crippen molar-refractivity contribution in [3.8, 4) is 0 Å². The summed E-state index contributed by atoms with van der Waals surface area (Å²) in [5.41, 5.74) is -9.33. The second kappa shape index (κ2) is 13.3. The van der Waals surface area contributed by atoms with Crippen molar-refractivity contribution in [2.45, 2.75) is 69.1 Å². The number of halogens is 6. The molecule has 4 rings (SSSR count). The molecule has 14 heteroatoms. The SMILES string of the molecule is O=C1c2ccc(C(c3ccc4c(c3)C(=O)N(CCCCCCO)C4=O)(C(F)(F)F)C(F)(F)F)cc2C(=O)N1CCCCCCO. The Balaban J connectivity index is 1.74. The first-order valence-electron chi connectivity index (χ1n) is 14.6. The Morgan fingerprint density at radius 1 is 0.489 bits per heavy atom. The zero-order valence-electron chi connectivity index (χ0n) is 24.1. The number of benzene rings is 2. The van der Waals surface area contributed by atoms with E-state index in [1.54, 1.807) is 0 Å². The molecule has 0 spiro atoms. The van der Waals surface area contributed by atoms with Crippen LogP contribution < -0.4 is 0 Å². The predicted octanol–water partition coefficient (Wildman–Crippen LogP) is 5.39. The lowest BCUT2D eigenvalue weighted by Crippen LogP contribution is -2.55. The monoisotopic (exact) mass is 642 g/mol. The van der Waals surface area contributed by atoms with E-state index in [0.29, 0.717) is 75.6 Å². The van der Waals surface area contributed by atoms with E-state index < -0.39 is 63.7 Å². The molecule has 0 saturated heterocycles. The van der Waals surface area contributed by atoms with Gasteiger partial charge in [0.15, 0.2) is 0 Å². The van der Waals surface area contributed by atoms with Crippen LogP contribution in [0.4, 0.5) is 26.3 Å². The molecule has 2 heterocycles. The highest BCUT2D eigenvalue weighted by molar-refractivity contribution is 6.22. The normalized spacial score (nSPS) is 15.4. The number of rotatable bonds is 14. The molecule has 244 valence electrons. The molecule has 2 aromatic rings.